The lowest BCUT2D eigenvalue weighted by Gasteiger charge is -2.30. The summed E-state index contributed by atoms with van der Waals surface area (Å²) in [6.45, 7) is 0. The highest BCUT2D eigenvalue weighted by Gasteiger charge is 2.28. The van der Waals surface area contributed by atoms with Crippen molar-refractivity contribution in [1.29, 1.82) is 0 Å². The van der Waals surface area contributed by atoms with Gasteiger partial charge in [-0.15, -0.1) is 0 Å². The van der Waals surface area contributed by atoms with Crippen molar-refractivity contribution < 1.29 is 0 Å². The van der Waals surface area contributed by atoms with Gasteiger partial charge >= 0.3 is 0 Å². The zero-order valence-corrected chi connectivity index (χ0v) is 9.58. The van der Waals surface area contributed by atoms with E-state index in [1.807, 2.05) is 6.07 Å². The summed E-state index contributed by atoms with van der Waals surface area (Å²) in [4.78, 5) is 8.33. The number of aromatic nitrogens is 2. The van der Waals surface area contributed by atoms with Crippen molar-refractivity contribution >= 4 is 0 Å². The maximum Gasteiger partial charge on any atom is 0.115 e. The lowest BCUT2D eigenvalue weighted by atomic mass is 9.78. The Balaban J connectivity index is 2.10. The molecule has 0 aliphatic heterocycles. The molecule has 0 saturated heterocycles. The number of benzene rings is 1. The lowest BCUT2D eigenvalue weighted by Crippen LogP contribution is -2.34. The van der Waals surface area contributed by atoms with E-state index in [1.165, 1.54) is 11.1 Å². The molecule has 3 rings (SSSR count). The van der Waals surface area contributed by atoms with Gasteiger partial charge < -0.3 is 5.73 Å². The van der Waals surface area contributed by atoms with Crippen LogP contribution in [-0.2, 0) is 6.42 Å². The van der Waals surface area contributed by atoms with E-state index in [0.29, 0.717) is 0 Å². The average molecular weight is 225 g/mol. The average Bonchev–Trinajstić information content (AvgIpc) is 2.39. The van der Waals surface area contributed by atoms with Crippen molar-refractivity contribution in [2.45, 2.75) is 24.8 Å². The molecule has 1 aromatic heterocycles. The minimum atomic E-state index is 0.153. The second-order valence-electron chi connectivity index (χ2n) is 4.51. The van der Waals surface area contributed by atoms with Crippen LogP contribution >= 0.6 is 0 Å². The lowest BCUT2D eigenvalue weighted by molar-refractivity contribution is 0.510. The molecule has 2 unspecified atom stereocenters. The van der Waals surface area contributed by atoms with E-state index in [2.05, 4.69) is 34.2 Å². The van der Waals surface area contributed by atoms with E-state index in [-0.39, 0.29) is 12.0 Å². The molecule has 17 heavy (non-hydrogen) atoms. The molecule has 0 bridgehead atoms. The van der Waals surface area contributed by atoms with Crippen LogP contribution in [0.2, 0.25) is 0 Å². The third-order valence-electron chi connectivity index (χ3n) is 3.49. The van der Waals surface area contributed by atoms with Crippen molar-refractivity contribution in [2.24, 2.45) is 5.73 Å². The molecule has 0 radical (unpaired) electrons. The normalized spacial score (nSPS) is 23.1. The summed E-state index contributed by atoms with van der Waals surface area (Å²) >= 11 is 0. The Bertz CT molecular complexity index is 510. The first-order valence-corrected chi connectivity index (χ1v) is 5.95. The molecule has 0 spiro atoms. The highest BCUT2D eigenvalue weighted by molar-refractivity contribution is 5.39. The quantitative estimate of drug-likeness (QED) is 0.806. The first-order valence-electron chi connectivity index (χ1n) is 5.95. The van der Waals surface area contributed by atoms with Gasteiger partial charge in [-0.25, -0.2) is 9.97 Å². The van der Waals surface area contributed by atoms with E-state index in [9.17, 15) is 0 Å². The highest BCUT2D eigenvalue weighted by Crippen LogP contribution is 2.34. The summed E-state index contributed by atoms with van der Waals surface area (Å²) in [6.07, 6.45) is 5.47. The van der Waals surface area contributed by atoms with E-state index in [1.54, 1.807) is 12.5 Å². The molecular formula is C14H15N3. The smallest absolute Gasteiger partial charge is 0.115 e. The second-order valence-corrected chi connectivity index (χ2v) is 4.51. The Labute approximate surface area is 101 Å². The summed E-state index contributed by atoms with van der Waals surface area (Å²) in [7, 11) is 0. The zero-order chi connectivity index (χ0) is 11.7. The van der Waals surface area contributed by atoms with Gasteiger partial charge in [-0.1, -0.05) is 24.3 Å². The molecular weight excluding hydrogens is 210 g/mol. The van der Waals surface area contributed by atoms with Crippen molar-refractivity contribution in [2.75, 3.05) is 0 Å². The van der Waals surface area contributed by atoms with Gasteiger partial charge in [0.2, 0.25) is 0 Å². The zero-order valence-electron chi connectivity index (χ0n) is 9.58. The Morgan fingerprint density at radius 3 is 2.88 bits per heavy atom. The number of nitrogens with two attached hydrogens (primary N) is 1. The van der Waals surface area contributed by atoms with Gasteiger partial charge in [-0.2, -0.15) is 0 Å². The van der Waals surface area contributed by atoms with E-state index in [0.717, 1.165) is 18.5 Å². The fraction of sp³-hybridized carbons (Fsp3) is 0.286. The predicted molar refractivity (Wildman–Crippen MR) is 66.6 cm³/mol. The summed E-state index contributed by atoms with van der Waals surface area (Å²) in [5.41, 5.74) is 10.0. The molecule has 3 nitrogen and oxygen atoms in total. The van der Waals surface area contributed by atoms with Crippen LogP contribution in [0.4, 0.5) is 0 Å². The minimum Gasteiger partial charge on any atom is -0.327 e. The fourth-order valence-electron chi connectivity index (χ4n) is 2.65. The van der Waals surface area contributed by atoms with Crippen LogP contribution in [-0.4, -0.2) is 16.0 Å². The van der Waals surface area contributed by atoms with Gasteiger partial charge in [0.1, 0.15) is 6.33 Å². The molecule has 1 aliphatic carbocycles. The van der Waals surface area contributed by atoms with Crippen molar-refractivity contribution in [3.8, 4) is 0 Å². The van der Waals surface area contributed by atoms with Crippen LogP contribution in [0, 0.1) is 0 Å². The number of rotatable bonds is 1. The molecule has 86 valence electrons. The molecule has 1 aliphatic rings. The Morgan fingerprint density at radius 1 is 1.18 bits per heavy atom. The van der Waals surface area contributed by atoms with Gasteiger partial charge in [0.05, 0.1) is 5.69 Å². The van der Waals surface area contributed by atoms with Crippen LogP contribution in [0.15, 0.2) is 42.9 Å². The van der Waals surface area contributed by atoms with Gasteiger partial charge in [0.25, 0.3) is 0 Å². The first-order chi connectivity index (χ1) is 8.36. The molecule has 0 fully saturated rings. The summed E-state index contributed by atoms with van der Waals surface area (Å²) in [6, 6.07) is 10.6. The maximum atomic E-state index is 6.27. The standard InChI is InChI=1S/C14H15N3/c15-12-6-5-10-3-1-2-4-11(10)14(12)13-7-8-16-9-17-13/h1-4,7-9,12,14H,5-6,15H2. The van der Waals surface area contributed by atoms with Crippen molar-refractivity contribution in [1.82, 2.24) is 9.97 Å². The van der Waals surface area contributed by atoms with E-state index < -0.39 is 0 Å². The number of hydrogen-bond acceptors (Lipinski definition) is 3. The van der Waals surface area contributed by atoms with Crippen LogP contribution < -0.4 is 5.73 Å². The molecule has 1 aromatic carbocycles. The fourth-order valence-corrected chi connectivity index (χ4v) is 2.65. The molecule has 2 N–H and O–H groups in total. The van der Waals surface area contributed by atoms with Crippen molar-refractivity contribution in [3.05, 3.63) is 59.7 Å². The monoisotopic (exact) mass is 225 g/mol. The SMILES string of the molecule is NC1CCc2ccccc2C1c1ccncn1. The van der Waals surface area contributed by atoms with Crippen LogP contribution in [0.1, 0.15) is 29.2 Å². The van der Waals surface area contributed by atoms with Gasteiger partial charge in [-0.05, 0) is 30.0 Å². The number of fused-ring (bicyclic) bond motifs is 1. The number of aryl methyl sites for hydroxylation is 1. The molecule has 0 saturated carbocycles. The summed E-state index contributed by atoms with van der Waals surface area (Å²) in [5.74, 6) is 0.211. The number of hydrogen-bond donors (Lipinski definition) is 1. The van der Waals surface area contributed by atoms with Crippen LogP contribution in [0.25, 0.3) is 0 Å². The largest absolute Gasteiger partial charge is 0.327 e. The molecule has 2 atom stereocenters. The number of nitrogens with zero attached hydrogens (tertiary/aromatic N) is 2. The second kappa shape index (κ2) is 4.26. The minimum absolute atomic E-state index is 0.153. The predicted octanol–water partition coefficient (Wildman–Crippen LogP) is 1.88. The van der Waals surface area contributed by atoms with E-state index in [4.69, 9.17) is 5.73 Å². The van der Waals surface area contributed by atoms with E-state index >= 15 is 0 Å². The topological polar surface area (TPSA) is 51.8 Å². The highest BCUT2D eigenvalue weighted by atomic mass is 14.8. The van der Waals surface area contributed by atoms with Crippen molar-refractivity contribution in [3.63, 3.8) is 0 Å². The Hall–Kier alpha value is -1.74. The molecule has 0 amide bonds. The molecule has 2 aromatic rings. The third-order valence-corrected chi connectivity index (χ3v) is 3.49. The van der Waals surface area contributed by atoms with Gasteiger partial charge in [-0.3, -0.25) is 0 Å². The molecule has 3 heteroatoms. The summed E-state index contributed by atoms with van der Waals surface area (Å²) in [5, 5.41) is 0. The maximum absolute atomic E-state index is 6.27. The Morgan fingerprint density at radius 2 is 2.06 bits per heavy atom. The summed E-state index contributed by atoms with van der Waals surface area (Å²) < 4.78 is 0. The van der Waals surface area contributed by atoms with Crippen LogP contribution in [0.5, 0.6) is 0 Å². The third kappa shape index (κ3) is 1.83. The Kier molecular flexibility index (Phi) is 2.61. The molecule has 1 heterocycles. The first kappa shape index (κ1) is 10.4. The van der Waals surface area contributed by atoms with Crippen LogP contribution in [0.3, 0.4) is 0 Å². The van der Waals surface area contributed by atoms with Gasteiger partial charge in [0, 0.05) is 18.2 Å². The van der Waals surface area contributed by atoms with Gasteiger partial charge in [0.15, 0.2) is 0 Å².